The van der Waals surface area contributed by atoms with Crippen LogP contribution in [0.25, 0.3) is 0 Å². The molecule has 222 valence electrons. The van der Waals surface area contributed by atoms with E-state index in [1.807, 2.05) is 0 Å². The van der Waals surface area contributed by atoms with Gasteiger partial charge in [0.15, 0.2) is 0 Å². The number of ketones is 2. The van der Waals surface area contributed by atoms with Crippen molar-refractivity contribution in [3.8, 4) is 11.5 Å². The van der Waals surface area contributed by atoms with Gasteiger partial charge in [0.25, 0.3) is 0 Å². The van der Waals surface area contributed by atoms with Gasteiger partial charge in [0.2, 0.25) is 34.9 Å². The Kier molecular flexibility index (Phi) is 7.17. The highest BCUT2D eigenvalue weighted by Crippen LogP contribution is 2.33. The van der Waals surface area contributed by atoms with E-state index >= 15 is 0 Å². The number of anilines is 2. The number of hydrogen-bond acceptors (Lipinski definition) is 8. The first-order valence-electron chi connectivity index (χ1n) is 13.8. The summed E-state index contributed by atoms with van der Waals surface area (Å²) in [7, 11) is 0. The van der Waals surface area contributed by atoms with Gasteiger partial charge in [0.05, 0.1) is 11.8 Å². The smallest absolute Gasteiger partial charge is 0.328 e. The zero-order chi connectivity index (χ0) is 31.1. The van der Waals surface area contributed by atoms with Gasteiger partial charge in [0, 0.05) is 47.7 Å². The summed E-state index contributed by atoms with van der Waals surface area (Å²) in [6, 6.07) is 17.8. The van der Waals surface area contributed by atoms with Crippen LogP contribution in [0.3, 0.4) is 0 Å². The maximum atomic E-state index is 13.7. The third kappa shape index (κ3) is 5.17. The summed E-state index contributed by atoms with van der Waals surface area (Å²) in [4.78, 5) is 79.0. The molecule has 3 aromatic carbocycles. The first kappa shape index (κ1) is 28.3. The number of nitrogens with zero attached hydrogens (tertiary/aromatic N) is 2. The number of carbonyl (C=O) groups is 6. The molecular formula is C32H26N4O8. The maximum Gasteiger partial charge on any atom is 0.328 e. The van der Waals surface area contributed by atoms with Gasteiger partial charge < -0.3 is 9.47 Å². The highest BCUT2D eigenvalue weighted by atomic mass is 16.5. The summed E-state index contributed by atoms with van der Waals surface area (Å²) < 4.78 is 12.1. The molecule has 1 aliphatic carbocycles. The van der Waals surface area contributed by atoms with Crippen molar-refractivity contribution in [3.05, 3.63) is 95.4 Å². The van der Waals surface area contributed by atoms with Crippen LogP contribution >= 0.6 is 0 Å². The van der Waals surface area contributed by atoms with Crippen LogP contribution in [-0.2, 0) is 9.59 Å². The minimum atomic E-state index is -0.590. The number of urea groups is 2. The lowest BCUT2D eigenvalue weighted by Crippen LogP contribution is -2.53. The first-order valence-corrected chi connectivity index (χ1v) is 13.8. The second-order valence-corrected chi connectivity index (χ2v) is 10.7. The Morgan fingerprint density at radius 3 is 1.41 bits per heavy atom. The minimum absolute atomic E-state index is 0.135. The molecule has 3 aromatic rings. The molecule has 6 amide bonds. The molecular weight excluding hydrogens is 568 g/mol. The number of amides is 6. The monoisotopic (exact) mass is 594 g/mol. The zero-order valence-corrected chi connectivity index (χ0v) is 23.7. The molecule has 2 atom stereocenters. The van der Waals surface area contributed by atoms with Crippen molar-refractivity contribution in [1.82, 2.24) is 10.6 Å². The molecule has 2 N–H and O–H groups in total. The standard InChI is InChI=1S/C32H26N4O8/c1-17-15-35(31(41)33-29(17)39)19-7-5-9-21(13-19)43-27-25(37)23-11-3-4-12-24(23)26(38)28(27)44-22-10-6-8-20(14-22)36-16-18(2)30(40)34-32(36)42/h3-14,17-18H,15-16H2,1-2H3,(H,33,39,41)(H,34,40,42). The number of hydrogen-bond donors (Lipinski definition) is 2. The summed E-state index contributed by atoms with van der Waals surface area (Å²) in [6.07, 6.45) is 0. The zero-order valence-electron chi connectivity index (χ0n) is 23.7. The second-order valence-electron chi connectivity index (χ2n) is 10.7. The Bertz CT molecular complexity index is 1670. The van der Waals surface area contributed by atoms with Gasteiger partial charge in [-0.3, -0.25) is 39.6 Å². The minimum Gasteiger partial charge on any atom is -0.449 e. The fraction of sp³-hybridized carbons (Fsp3) is 0.188. The van der Waals surface area contributed by atoms with Crippen LogP contribution in [0.5, 0.6) is 11.5 Å². The van der Waals surface area contributed by atoms with Gasteiger partial charge in [0.1, 0.15) is 11.5 Å². The topological polar surface area (TPSA) is 151 Å². The summed E-state index contributed by atoms with van der Waals surface area (Å²) in [5.41, 5.74) is 1.10. The normalized spacial score (nSPS) is 20.3. The van der Waals surface area contributed by atoms with Crippen molar-refractivity contribution in [3.63, 3.8) is 0 Å². The maximum absolute atomic E-state index is 13.7. The number of ether oxygens (including phenoxy) is 2. The number of rotatable bonds is 6. The molecule has 44 heavy (non-hydrogen) atoms. The van der Waals surface area contributed by atoms with E-state index in [2.05, 4.69) is 10.6 Å². The van der Waals surface area contributed by atoms with Crippen LogP contribution in [-0.4, -0.2) is 48.5 Å². The van der Waals surface area contributed by atoms with Gasteiger partial charge in [-0.25, -0.2) is 9.59 Å². The van der Waals surface area contributed by atoms with E-state index in [1.54, 1.807) is 62.4 Å². The molecule has 2 unspecified atom stereocenters. The number of benzene rings is 3. The SMILES string of the molecule is CC1CN(c2cccc(OC3=C(Oc4cccc(N5CC(C)C(=O)NC5=O)c4)C(=O)c4ccccc4C3=O)c2)C(=O)NC1=O. The average molecular weight is 595 g/mol. The first-order chi connectivity index (χ1) is 21.1. The van der Waals surface area contributed by atoms with Gasteiger partial charge in [-0.2, -0.15) is 0 Å². The van der Waals surface area contributed by atoms with Crippen molar-refractivity contribution in [2.75, 3.05) is 22.9 Å². The third-order valence-electron chi connectivity index (χ3n) is 7.49. The van der Waals surface area contributed by atoms with Gasteiger partial charge in [-0.15, -0.1) is 0 Å². The predicted octanol–water partition coefficient (Wildman–Crippen LogP) is 3.82. The van der Waals surface area contributed by atoms with E-state index < -0.39 is 35.5 Å². The molecule has 0 saturated carbocycles. The fourth-order valence-electron chi connectivity index (χ4n) is 5.10. The van der Waals surface area contributed by atoms with Crippen molar-refractivity contribution < 1.29 is 38.2 Å². The number of imide groups is 2. The van der Waals surface area contributed by atoms with Crippen molar-refractivity contribution in [2.45, 2.75) is 13.8 Å². The van der Waals surface area contributed by atoms with Crippen molar-refractivity contribution >= 4 is 46.8 Å². The molecule has 2 fully saturated rings. The number of carbonyl (C=O) groups excluding carboxylic acids is 6. The molecule has 0 bridgehead atoms. The second kappa shape index (κ2) is 11.1. The van der Waals surface area contributed by atoms with Crippen molar-refractivity contribution in [1.29, 1.82) is 0 Å². The molecule has 0 radical (unpaired) electrons. The molecule has 0 spiro atoms. The van der Waals surface area contributed by atoms with E-state index in [-0.39, 0.29) is 59.0 Å². The molecule has 12 heteroatoms. The van der Waals surface area contributed by atoms with Gasteiger partial charge in [-0.1, -0.05) is 50.2 Å². The molecule has 0 aromatic heterocycles. The fourth-order valence-corrected chi connectivity index (χ4v) is 5.10. The summed E-state index contributed by atoms with van der Waals surface area (Å²) in [6.45, 7) is 3.68. The lowest BCUT2D eigenvalue weighted by molar-refractivity contribution is -0.124. The van der Waals surface area contributed by atoms with Crippen molar-refractivity contribution in [2.24, 2.45) is 11.8 Å². The average Bonchev–Trinajstić information content (AvgIpc) is 3.01. The van der Waals surface area contributed by atoms with Crippen LogP contribution in [0.15, 0.2) is 84.3 Å². The lowest BCUT2D eigenvalue weighted by atomic mass is 9.92. The van der Waals surface area contributed by atoms with Crippen LogP contribution in [0.4, 0.5) is 21.0 Å². The molecule has 2 saturated heterocycles. The van der Waals surface area contributed by atoms with Crippen LogP contribution < -0.4 is 29.9 Å². The molecule has 2 aliphatic heterocycles. The molecule has 6 rings (SSSR count). The van der Waals surface area contributed by atoms with Crippen LogP contribution in [0.1, 0.15) is 34.6 Å². The molecule has 3 aliphatic rings. The Morgan fingerprint density at radius 1 is 0.591 bits per heavy atom. The Labute approximate surface area is 251 Å². The van der Waals surface area contributed by atoms with Crippen LogP contribution in [0.2, 0.25) is 0 Å². The van der Waals surface area contributed by atoms with E-state index in [0.717, 1.165) is 0 Å². The van der Waals surface area contributed by atoms with Crippen LogP contribution in [0, 0.1) is 11.8 Å². The van der Waals surface area contributed by atoms with E-state index in [4.69, 9.17) is 9.47 Å². The number of allylic oxidation sites excluding steroid dienone is 2. The lowest BCUT2D eigenvalue weighted by Gasteiger charge is -2.30. The quantitative estimate of drug-likeness (QED) is 0.437. The van der Waals surface area contributed by atoms with E-state index in [9.17, 15) is 28.8 Å². The number of fused-ring (bicyclic) bond motifs is 1. The predicted molar refractivity (Wildman–Crippen MR) is 156 cm³/mol. The summed E-state index contributed by atoms with van der Waals surface area (Å²) >= 11 is 0. The summed E-state index contributed by atoms with van der Waals surface area (Å²) in [5, 5.41) is 4.61. The summed E-state index contributed by atoms with van der Waals surface area (Å²) in [5.74, 6) is -3.23. The van der Waals surface area contributed by atoms with Gasteiger partial charge in [-0.05, 0) is 24.3 Å². The number of Topliss-reactive ketones (excluding diaryl/α,β-unsaturated/α-hetero) is 2. The molecule has 12 nitrogen and oxygen atoms in total. The highest BCUT2D eigenvalue weighted by molar-refractivity contribution is 6.25. The number of nitrogens with one attached hydrogen (secondary N) is 2. The largest absolute Gasteiger partial charge is 0.449 e. The van der Waals surface area contributed by atoms with E-state index in [1.165, 1.54) is 34.1 Å². The Hall–Kier alpha value is -5.78. The Balaban J connectivity index is 1.35. The molecule has 2 heterocycles. The third-order valence-corrected chi connectivity index (χ3v) is 7.49. The van der Waals surface area contributed by atoms with E-state index in [0.29, 0.717) is 11.4 Å². The highest BCUT2D eigenvalue weighted by Gasteiger charge is 2.37. The Morgan fingerprint density at radius 2 is 1.00 bits per heavy atom. The van der Waals surface area contributed by atoms with Gasteiger partial charge >= 0.3 is 12.1 Å².